The number of piperazine rings is 1. The number of aromatic nitrogens is 2. The van der Waals surface area contributed by atoms with E-state index >= 15 is 0 Å². The molecule has 0 spiro atoms. The van der Waals surface area contributed by atoms with Crippen molar-refractivity contribution in [3.8, 4) is 0 Å². The van der Waals surface area contributed by atoms with E-state index in [2.05, 4.69) is 9.59 Å². The Bertz CT molecular complexity index is 428. The van der Waals surface area contributed by atoms with Gasteiger partial charge in [-0.2, -0.15) is 0 Å². The number of hydrogen-bond acceptors (Lipinski definition) is 6. The first-order chi connectivity index (χ1) is 8.59. The number of amides is 1. The number of carbonyl (C=O) groups excluding carboxylic acids is 1. The Balaban J connectivity index is 1.91. The van der Waals surface area contributed by atoms with Crippen molar-refractivity contribution in [3.63, 3.8) is 0 Å². The summed E-state index contributed by atoms with van der Waals surface area (Å²) in [5, 5.41) is 12.6. The topological polar surface area (TPSA) is 86.6 Å². The fourth-order valence-corrected chi connectivity index (χ4v) is 2.37. The fourth-order valence-electron chi connectivity index (χ4n) is 1.89. The average Bonchev–Trinajstić information content (AvgIpc) is 2.91. The van der Waals surface area contributed by atoms with E-state index in [0.717, 1.165) is 11.5 Å². The van der Waals surface area contributed by atoms with Gasteiger partial charge in [-0.25, -0.2) is 0 Å². The summed E-state index contributed by atoms with van der Waals surface area (Å²) in [5.74, 6) is -0.908. The Labute approximate surface area is 108 Å². The van der Waals surface area contributed by atoms with Crippen LogP contribution in [0.4, 0.5) is 0 Å². The lowest BCUT2D eigenvalue weighted by atomic mass is 10.2. The summed E-state index contributed by atoms with van der Waals surface area (Å²) in [4.78, 5) is 26.9. The summed E-state index contributed by atoms with van der Waals surface area (Å²) < 4.78 is 3.66. The number of carboxylic acids is 1. The lowest BCUT2D eigenvalue weighted by Crippen LogP contribution is -2.53. The van der Waals surface area contributed by atoms with Gasteiger partial charge in [0.2, 0.25) is 0 Å². The first-order valence-electron chi connectivity index (χ1n) is 5.63. The molecule has 98 valence electrons. The highest BCUT2D eigenvalue weighted by atomic mass is 32.1. The molecular formula is C10H14N4O3S. The van der Waals surface area contributed by atoms with E-state index in [1.54, 1.807) is 11.8 Å². The molecule has 7 nitrogen and oxygen atoms in total. The Morgan fingerprint density at radius 1 is 1.39 bits per heavy atom. The molecule has 1 aromatic heterocycles. The summed E-state index contributed by atoms with van der Waals surface area (Å²) in [6.07, 6.45) is 1.46. The van der Waals surface area contributed by atoms with Crippen LogP contribution in [0.2, 0.25) is 0 Å². The Kier molecular flexibility index (Phi) is 3.87. The molecule has 1 fully saturated rings. The Hall–Kier alpha value is -1.54. The maximum atomic E-state index is 12.0. The zero-order valence-corrected chi connectivity index (χ0v) is 10.8. The van der Waals surface area contributed by atoms with E-state index in [1.807, 2.05) is 4.90 Å². The molecule has 1 N–H and O–H groups in total. The predicted molar refractivity (Wildman–Crippen MR) is 64.5 cm³/mol. The first-order valence-corrected chi connectivity index (χ1v) is 6.40. The molecule has 0 radical (unpaired) electrons. The van der Waals surface area contributed by atoms with Gasteiger partial charge >= 0.3 is 5.97 Å². The summed E-state index contributed by atoms with van der Waals surface area (Å²) in [5.41, 5.74) is 0. The summed E-state index contributed by atoms with van der Waals surface area (Å²) in [6, 6.07) is -0.507. The third-order valence-electron chi connectivity index (χ3n) is 3.08. The number of carboxylic acid groups (broad SMARTS) is 1. The molecule has 1 aliphatic heterocycles. The van der Waals surface area contributed by atoms with Crippen molar-refractivity contribution in [2.24, 2.45) is 0 Å². The molecule has 0 bridgehead atoms. The summed E-state index contributed by atoms with van der Waals surface area (Å²) >= 11 is 1.08. The Morgan fingerprint density at radius 3 is 2.56 bits per heavy atom. The van der Waals surface area contributed by atoms with Gasteiger partial charge in [0.15, 0.2) is 0 Å². The predicted octanol–water partition coefficient (Wildman–Crippen LogP) is -0.231. The van der Waals surface area contributed by atoms with E-state index in [9.17, 15) is 9.59 Å². The third kappa shape index (κ3) is 2.65. The molecule has 1 amide bonds. The lowest BCUT2D eigenvalue weighted by molar-refractivity contribution is -0.143. The number of rotatable bonds is 3. The van der Waals surface area contributed by atoms with E-state index in [4.69, 9.17) is 5.11 Å². The second kappa shape index (κ2) is 5.40. The van der Waals surface area contributed by atoms with Crippen molar-refractivity contribution in [1.82, 2.24) is 19.4 Å². The van der Waals surface area contributed by atoms with Crippen LogP contribution in [0.25, 0.3) is 0 Å². The molecule has 1 unspecified atom stereocenters. The van der Waals surface area contributed by atoms with Crippen molar-refractivity contribution >= 4 is 23.4 Å². The zero-order valence-electron chi connectivity index (χ0n) is 9.94. The molecule has 1 aromatic rings. The van der Waals surface area contributed by atoms with Crippen LogP contribution in [0.3, 0.4) is 0 Å². The van der Waals surface area contributed by atoms with Gasteiger partial charge in [0, 0.05) is 26.2 Å². The minimum Gasteiger partial charge on any atom is -0.480 e. The quantitative estimate of drug-likeness (QED) is 0.816. The van der Waals surface area contributed by atoms with Gasteiger partial charge in [0.05, 0.1) is 6.20 Å². The number of aliphatic carboxylic acids is 1. The van der Waals surface area contributed by atoms with E-state index in [-0.39, 0.29) is 5.91 Å². The lowest BCUT2D eigenvalue weighted by Gasteiger charge is -2.36. The van der Waals surface area contributed by atoms with Crippen molar-refractivity contribution in [1.29, 1.82) is 0 Å². The number of hydrogen-bond donors (Lipinski definition) is 1. The highest BCUT2D eigenvalue weighted by molar-refractivity contribution is 7.07. The van der Waals surface area contributed by atoms with Gasteiger partial charge in [-0.1, -0.05) is 4.49 Å². The Morgan fingerprint density at radius 2 is 2.06 bits per heavy atom. The highest BCUT2D eigenvalue weighted by Gasteiger charge is 2.28. The minimum absolute atomic E-state index is 0.0763. The van der Waals surface area contributed by atoms with Crippen molar-refractivity contribution in [3.05, 3.63) is 11.1 Å². The van der Waals surface area contributed by atoms with Gasteiger partial charge in [-0.3, -0.25) is 14.5 Å². The normalized spacial score (nSPS) is 18.6. The van der Waals surface area contributed by atoms with Crippen LogP contribution < -0.4 is 0 Å². The molecule has 18 heavy (non-hydrogen) atoms. The van der Waals surface area contributed by atoms with Gasteiger partial charge in [-0.05, 0) is 18.5 Å². The highest BCUT2D eigenvalue weighted by Crippen LogP contribution is 2.12. The molecule has 0 aliphatic carbocycles. The molecule has 1 aliphatic rings. The van der Waals surface area contributed by atoms with Crippen LogP contribution in [0.1, 0.15) is 16.6 Å². The largest absolute Gasteiger partial charge is 0.480 e. The van der Waals surface area contributed by atoms with Crippen LogP contribution in [-0.4, -0.2) is 68.6 Å². The molecule has 0 aromatic carbocycles. The van der Waals surface area contributed by atoms with E-state index in [1.165, 1.54) is 6.20 Å². The maximum Gasteiger partial charge on any atom is 0.320 e. The van der Waals surface area contributed by atoms with Crippen molar-refractivity contribution < 1.29 is 14.7 Å². The van der Waals surface area contributed by atoms with Crippen LogP contribution in [0, 0.1) is 0 Å². The van der Waals surface area contributed by atoms with Gasteiger partial charge in [0.25, 0.3) is 5.91 Å². The van der Waals surface area contributed by atoms with Gasteiger partial charge in [-0.15, -0.1) is 5.10 Å². The second-order valence-corrected chi connectivity index (χ2v) is 4.91. The van der Waals surface area contributed by atoms with Gasteiger partial charge in [0.1, 0.15) is 10.9 Å². The van der Waals surface area contributed by atoms with Crippen LogP contribution >= 0.6 is 11.5 Å². The monoisotopic (exact) mass is 270 g/mol. The molecule has 2 rings (SSSR count). The average molecular weight is 270 g/mol. The first kappa shape index (κ1) is 12.9. The number of carbonyl (C=O) groups is 2. The smallest absolute Gasteiger partial charge is 0.320 e. The standard InChI is InChI=1S/C10H14N4O3S/c1-7(10(16)17)13-2-4-14(5-3-13)9(15)8-6-11-12-18-8/h6-7H,2-5H2,1H3,(H,16,17). The molecule has 0 saturated carbocycles. The summed E-state index contributed by atoms with van der Waals surface area (Å²) in [7, 11) is 0. The zero-order chi connectivity index (χ0) is 13.1. The second-order valence-electron chi connectivity index (χ2n) is 4.12. The van der Waals surface area contributed by atoms with Gasteiger partial charge < -0.3 is 10.0 Å². The van der Waals surface area contributed by atoms with Crippen molar-refractivity contribution in [2.45, 2.75) is 13.0 Å². The number of nitrogens with zero attached hydrogens (tertiary/aromatic N) is 4. The SMILES string of the molecule is CC(C(=O)O)N1CCN(C(=O)c2cnns2)CC1. The third-order valence-corrected chi connectivity index (χ3v) is 3.73. The molecular weight excluding hydrogens is 256 g/mol. The molecule has 8 heteroatoms. The summed E-state index contributed by atoms with van der Waals surface area (Å²) in [6.45, 7) is 3.88. The fraction of sp³-hybridized carbons (Fsp3) is 0.600. The van der Waals surface area contributed by atoms with Crippen LogP contribution in [-0.2, 0) is 4.79 Å². The van der Waals surface area contributed by atoms with Crippen LogP contribution in [0.5, 0.6) is 0 Å². The molecule has 2 heterocycles. The minimum atomic E-state index is -0.832. The molecule has 1 atom stereocenters. The van der Waals surface area contributed by atoms with E-state index in [0.29, 0.717) is 31.1 Å². The van der Waals surface area contributed by atoms with Crippen LogP contribution in [0.15, 0.2) is 6.20 Å². The maximum absolute atomic E-state index is 12.0. The van der Waals surface area contributed by atoms with Crippen molar-refractivity contribution in [2.75, 3.05) is 26.2 Å². The van der Waals surface area contributed by atoms with E-state index < -0.39 is 12.0 Å². The molecule has 1 saturated heterocycles.